The predicted molar refractivity (Wildman–Crippen MR) is 86.6 cm³/mol. The molecule has 1 aliphatic rings. The molecule has 23 heavy (non-hydrogen) atoms. The molecule has 6 heteroatoms. The van der Waals surface area contributed by atoms with Gasteiger partial charge in [-0.1, -0.05) is 11.6 Å². The first-order valence-electron chi connectivity index (χ1n) is 7.03. The van der Waals surface area contributed by atoms with Gasteiger partial charge in [-0.25, -0.2) is 0 Å². The number of carbonyl (C=O) groups excluding carboxylic acids is 2. The molecule has 0 spiro atoms. The molecule has 0 atom stereocenters. The predicted octanol–water partition coefficient (Wildman–Crippen LogP) is 2.96. The first-order valence-corrected chi connectivity index (χ1v) is 7.40. The molecule has 0 fully saturated rings. The molecule has 0 aromatic heterocycles. The second-order valence-corrected chi connectivity index (χ2v) is 5.41. The Labute approximate surface area is 138 Å². The van der Waals surface area contributed by atoms with Gasteiger partial charge in [-0.15, -0.1) is 0 Å². The minimum atomic E-state index is -0.555. The maximum Gasteiger partial charge on any atom is 0.299 e. The lowest BCUT2D eigenvalue weighted by atomic mass is 10.1. The van der Waals surface area contributed by atoms with E-state index in [1.165, 1.54) is 11.0 Å². The molecule has 0 unspecified atom stereocenters. The molecule has 1 aliphatic heterocycles. The van der Waals surface area contributed by atoms with Gasteiger partial charge in [0.15, 0.2) is 0 Å². The summed E-state index contributed by atoms with van der Waals surface area (Å²) in [6.07, 6.45) is 0. The van der Waals surface area contributed by atoms with E-state index in [4.69, 9.17) is 21.1 Å². The minimum absolute atomic E-state index is 0.271. The number of nitrogens with zero attached hydrogens (tertiary/aromatic N) is 1. The quantitative estimate of drug-likeness (QED) is 0.790. The number of halogens is 1. The topological polar surface area (TPSA) is 55.8 Å². The van der Waals surface area contributed by atoms with E-state index in [0.717, 1.165) is 5.75 Å². The minimum Gasteiger partial charge on any atom is -0.497 e. The van der Waals surface area contributed by atoms with Crippen LogP contribution in [-0.4, -0.2) is 32.0 Å². The maximum absolute atomic E-state index is 12.1. The molecule has 0 saturated carbocycles. The molecule has 0 aliphatic carbocycles. The van der Waals surface area contributed by atoms with Crippen LogP contribution in [0.5, 0.6) is 11.5 Å². The summed E-state index contributed by atoms with van der Waals surface area (Å²) >= 11 is 5.88. The summed E-state index contributed by atoms with van der Waals surface area (Å²) < 4.78 is 10.7. The molecule has 1 amide bonds. The van der Waals surface area contributed by atoms with Gasteiger partial charge in [0.25, 0.3) is 11.7 Å². The number of fused-ring (bicyclic) bond motifs is 1. The van der Waals surface area contributed by atoms with Gasteiger partial charge in [0.1, 0.15) is 18.1 Å². The lowest BCUT2D eigenvalue weighted by Gasteiger charge is -2.17. The summed E-state index contributed by atoms with van der Waals surface area (Å²) in [6, 6.07) is 12.0. The maximum atomic E-state index is 12.1. The summed E-state index contributed by atoms with van der Waals surface area (Å²) in [7, 11) is 1.59. The number of methoxy groups -OCH3 is 1. The van der Waals surface area contributed by atoms with E-state index < -0.39 is 11.7 Å². The highest BCUT2D eigenvalue weighted by atomic mass is 35.5. The number of benzene rings is 2. The zero-order chi connectivity index (χ0) is 16.4. The number of carbonyl (C=O) groups is 2. The van der Waals surface area contributed by atoms with Gasteiger partial charge in [0.05, 0.1) is 24.9 Å². The van der Waals surface area contributed by atoms with Gasteiger partial charge < -0.3 is 14.4 Å². The van der Waals surface area contributed by atoms with Crippen LogP contribution in [-0.2, 0) is 4.79 Å². The van der Waals surface area contributed by atoms with Crippen LogP contribution in [0.1, 0.15) is 10.4 Å². The number of ketones is 1. The van der Waals surface area contributed by atoms with E-state index in [9.17, 15) is 9.59 Å². The Morgan fingerprint density at radius 2 is 1.74 bits per heavy atom. The van der Waals surface area contributed by atoms with Crippen molar-refractivity contribution in [2.45, 2.75) is 0 Å². The Hall–Kier alpha value is -2.53. The van der Waals surface area contributed by atoms with Crippen LogP contribution >= 0.6 is 11.6 Å². The largest absolute Gasteiger partial charge is 0.497 e. The van der Waals surface area contributed by atoms with Crippen LogP contribution in [0.4, 0.5) is 5.69 Å². The van der Waals surface area contributed by atoms with Crippen LogP contribution in [0.25, 0.3) is 0 Å². The third kappa shape index (κ3) is 3.00. The van der Waals surface area contributed by atoms with Crippen LogP contribution < -0.4 is 14.4 Å². The SMILES string of the molecule is COc1ccc(OCCN2C(=O)C(=O)c3cc(Cl)ccc32)cc1. The van der Waals surface area contributed by atoms with Gasteiger partial charge in [0, 0.05) is 5.02 Å². The van der Waals surface area contributed by atoms with Gasteiger partial charge in [-0.2, -0.15) is 0 Å². The van der Waals surface area contributed by atoms with Crippen molar-refractivity contribution in [2.75, 3.05) is 25.2 Å². The normalized spacial score (nSPS) is 13.2. The zero-order valence-corrected chi connectivity index (χ0v) is 13.2. The van der Waals surface area contributed by atoms with Crippen molar-refractivity contribution in [3.8, 4) is 11.5 Å². The number of rotatable bonds is 5. The van der Waals surface area contributed by atoms with Gasteiger partial charge in [-0.05, 0) is 42.5 Å². The molecule has 5 nitrogen and oxygen atoms in total. The van der Waals surface area contributed by atoms with Crippen LogP contribution in [0, 0.1) is 0 Å². The van der Waals surface area contributed by atoms with Crippen LogP contribution in [0.15, 0.2) is 42.5 Å². The fourth-order valence-corrected chi connectivity index (χ4v) is 2.59. The highest BCUT2D eigenvalue weighted by Gasteiger charge is 2.35. The molecule has 0 N–H and O–H groups in total. The van der Waals surface area contributed by atoms with E-state index in [0.29, 0.717) is 22.0 Å². The summed E-state index contributed by atoms with van der Waals surface area (Å²) in [5.41, 5.74) is 0.912. The van der Waals surface area contributed by atoms with Gasteiger partial charge in [0.2, 0.25) is 0 Å². The fourth-order valence-electron chi connectivity index (χ4n) is 2.42. The van der Waals surface area contributed by atoms with E-state index >= 15 is 0 Å². The smallest absolute Gasteiger partial charge is 0.299 e. The molecule has 1 heterocycles. The molecular formula is C17H14ClNO4. The fraction of sp³-hybridized carbons (Fsp3) is 0.176. The standard InChI is InChI=1S/C17H14ClNO4/c1-22-12-3-5-13(6-4-12)23-9-8-19-15-7-2-11(18)10-14(15)16(20)17(19)21/h2-7,10H,8-9H2,1H3. The Bertz CT molecular complexity index is 758. The Kier molecular flexibility index (Phi) is 4.21. The van der Waals surface area contributed by atoms with Crippen molar-refractivity contribution >= 4 is 29.0 Å². The molecule has 0 radical (unpaired) electrons. The van der Waals surface area contributed by atoms with Crippen LogP contribution in [0.2, 0.25) is 5.02 Å². The van der Waals surface area contributed by atoms with Gasteiger partial charge >= 0.3 is 0 Å². The first kappa shape index (κ1) is 15.4. The zero-order valence-electron chi connectivity index (χ0n) is 12.4. The lowest BCUT2D eigenvalue weighted by molar-refractivity contribution is -0.114. The number of hydrogen-bond acceptors (Lipinski definition) is 4. The Morgan fingerprint density at radius 3 is 2.43 bits per heavy atom. The van der Waals surface area contributed by atoms with E-state index in [1.54, 1.807) is 43.5 Å². The third-order valence-electron chi connectivity index (χ3n) is 3.58. The highest BCUT2D eigenvalue weighted by Crippen LogP contribution is 2.31. The second-order valence-electron chi connectivity index (χ2n) is 4.97. The summed E-state index contributed by atoms with van der Waals surface area (Å²) in [5, 5.41) is 0.432. The number of hydrogen-bond donors (Lipinski definition) is 0. The van der Waals surface area contributed by atoms with E-state index in [1.807, 2.05) is 0 Å². The highest BCUT2D eigenvalue weighted by molar-refractivity contribution is 6.52. The summed E-state index contributed by atoms with van der Waals surface area (Å²) in [5.74, 6) is 0.316. The van der Waals surface area contributed by atoms with Crippen molar-refractivity contribution in [3.05, 3.63) is 53.1 Å². The van der Waals surface area contributed by atoms with Crippen LogP contribution in [0.3, 0.4) is 0 Å². The molecule has 2 aromatic rings. The second kappa shape index (κ2) is 6.30. The monoisotopic (exact) mass is 331 g/mol. The Balaban J connectivity index is 1.66. The molecule has 118 valence electrons. The van der Waals surface area contributed by atoms with Crippen molar-refractivity contribution in [3.63, 3.8) is 0 Å². The molecule has 0 bridgehead atoms. The van der Waals surface area contributed by atoms with Crippen molar-refractivity contribution < 1.29 is 19.1 Å². The third-order valence-corrected chi connectivity index (χ3v) is 3.81. The Morgan fingerprint density at radius 1 is 1.04 bits per heavy atom. The molecule has 2 aromatic carbocycles. The number of anilines is 1. The van der Waals surface area contributed by atoms with Gasteiger partial charge in [-0.3, -0.25) is 9.59 Å². The number of amides is 1. The number of Topliss-reactive ketones (excluding diaryl/α,β-unsaturated/α-hetero) is 1. The molecule has 0 saturated heterocycles. The number of ether oxygens (including phenoxy) is 2. The van der Waals surface area contributed by atoms with E-state index in [2.05, 4.69) is 0 Å². The van der Waals surface area contributed by atoms with Crippen molar-refractivity contribution in [1.29, 1.82) is 0 Å². The molecule has 3 rings (SSSR count). The van der Waals surface area contributed by atoms with Crippen molar-refractivity contribution in [1.82, 2.24) is 0 Å². The average Bonchev–Trinajstić information content (AvgIpc) is 2.80. The summed E-state index contributed by atoms with van der Waals surface area (Å²) in [6.45, 7) is 0.554. The molecular weight excluding hydrogens is 318 g/mol. The van der Waals surface area contributed by atoms with Crippen molar-refractivity contribution in [2.24, 2.45) is 0 Å². The van der Waals surface area contributed by atoms with E-state index in [-0.39, 0.29) is 13.2 Å². The lowest BCUT2D eigenvalue weighted by Crippen LogP contribution is -2.33. The average molecular weight is 332 g/mol. The first-order chi connectivity index (χ1) is 11.1. The summed E-state index contributed by atoms with van der Waals surface area (Å²) in [4.78, 5) is 25.4.